The fraction of sp³-hybridized carbons (Fsp3) is 0.688. The Bertz CT molecular complexity index is 470. The first-order valence-electron chi connectivity index (χ1n) is 7.82. The minimum atomic E-state index is 0.145. The second-order valence-electron chi connectivity index (χ2n) is 5.86. The van der Waals surface area contributed by atoms with Gasteiger partial charge in [0.15, 0.2) is 0 Å². The first kappa shape index (κ1) is 15.7. The van der Waals surface area contributed by atoms with Crippen molar-refractivity contribution in [3.63, 3.8) is 0 Å². The molecular weight excluding hydrogens is 266 g/mol. The van der Waals surface area contributed by atoms with Gasteiger partial charge >= 0.3 is 0 Å². The van der Waals surface area contributed by atoms with Gasteiger partial charge in [0.25, 0.3) is 0 Å². The number of ether oxygens (including phenoxy) is 1. The predicted octanol–water partition coefficient (Wildman–Crippen LogP) is 2.59. The Balaban J connectivity index is 1.79. The molecule has 5 heteroatoms. The molecule has 1 atom stereocenters. The van der Waals surface area contributed by atoms with Crippen LogP contribution in [0.25, 0.3) is 0 Å². The van der Waals surface area contributed by atoms with Crippen LogP contribution in [0.15, 0.2) is 12.3 Å². The molecule has 0 radical (unpaired) electrons. The molecule has 5 nitrogen and oxygen atoms in total. The van der Waals surface area contributed by atoms with Gasteiger partial charge in [-0.15, -0.1) is 0 Å². The summed E-state index contributed by atoms with van der Waals surface area (Å²) >= 11 is 0. The van der Waals surface area contributed by atoms with E-state index in [9.17, 15) is 4.79 Å². The lowest BCUT2D eigenvalue weighted by atomic mass is 10.0. The minimum absolute atomic E-state index is 0.145. The van der Waals surface area contributed by atoms with E-state index >= 15 is 0 Å². The Hall–Kier alpha value is -1.65. The molecule has 1 aromatic heterocycles. The summed E-state index contributed by atoms with van der Waals surface area (Å²) in [4.78, 5) is 22.4. The molecule has 1 saturated heterocycles. The van der Waals surface area contributed by atoms with Crippen molar-refractivity contribution in [1.29, 1.82) is 0 Å². The van der Waals surface area contributed by atoms with E-state index in [4.69, 9.17) is 4.74 Å². The van der Waals surface area contributed by atoms with Crippen LogP contribution in [0.5, 0.6) is 5.88 Å². The first-order valence-corrected chi connectivity index (χ1v) is 7.82. The zero-order chi connectivity index (χ0) is 15.2. The van der Waals surface area contributed by atoms with E-state index in [0.717, 1.165) is 32.4 Å². The quantitative estimate of drug-likeness (QED) is 0.836. The summed E-state index contributed by atoms with van der Waals surface area (Å²) in [6.45, 7) is 7.67. The number of aryl methyl sites for hydroxylation is 1. The third kappa shape index (κ3) is 4.69. The molecule has 0 spiro atoms. The molecule has 1 amide bonds. The molecule has 0 N–H and O–H groups in total. The highest BCUT2D eigenvalue weighted by atomic mass is 16.5. The fourth-order valence-electron chi connectivity index (χ4n) is 2.47. The van der Waals surface area contributed by atoms with Gasteiger partial charge in [0, 0.05) is 44.6 Å². The van der Waals surface area contributed by atoms with Crippen molar-refractivity contribution in [1.82, 2.24) is 14.9 Å². The zero-order valence-corrected chi connectivity index (χ0v) is 13.2. The summed E-state index contributed by atoms with van der Waals surface area (Å²) in [5, 5.41) is 0. The van der Waals surface area contributed by atoms with E-state index in [0.29, 0.717) is 24.0 Å². The number of hydrogen-bond acceptors (Lipinski definition) is 4. The molecule has 1 aromatic rings. The van der Waals surface area contributed by atoms with E-state index in [2.05, 4.69) is 23.8 Å². The molecule has 0 aromatic carbocycles. The zero-order valence-electron chi connectivity index (χ0n) is 13.2. The standard InChI is InChI=1S/C16H25N3O2/c1-4-12(2)11-16(20)19-9-6-14(7-10-19)21-15-5-8-17-13(3)18-15/h5,8,12,14H,4,6-7,9-11H2,1-3H3. The van der Waals surface area contributed by atoms with Gasteiger partial charge in [-0.2, -0.15) is 4.98 Å². The third-order valence-electron chi connectivity index (χ3n) is 4.05. The Morgan fingerprint density at radius 3 is 2.81 bits per heavy atom. The van der Waals surface area contributed by atoms with Crippen LogP contribution in [-0.4, -0.2) is 40.0 Å². The Kier molecular flexibility index (Phi) is 5.53. The summed E-state index contributed by atoms with van der Waals surface area (Å²) in [7, 11) is 0. The summed E-state index contributed by atoms with van der Waals surface area (Å²) in [6, 6.07) is 1.79. The molecule has 2 rings (SSSR count). The fourth-order valence-corrected chi connectivity index (χ4v) is 2.47. The number of carbonyl (C=O) groups is 1. The average molecular weight is 291 g/mol. The predicted molar refractivity (Wildman–Crippen MR) is 81.1 cm³/mol. The summed E-state index contributed by atoms with van der Waals surface area (Å²) in [5.41, 5.74) is 0. The minimum Gasteiger partial charge on any atom is -0.474 e. The maximum Gasteiger partial charge on any atom is 0.222 e. The van der Waals surface area contributed by atoms with Gasteiger partial charge in [-0.1, -0.05) is 20.3 Å². The largest absolute Gasteiger partial charge is 0.474 e. The van der Waals surface area contributed by atoms with Gasteiger partial charge in [0.2, 0.25) is 11.8 Å². The van der Waals surface area contributed by atoms with Crippen molar-refractivity contribution in [3.05, 3.63) is 18.1 Å². The van der Waals surface area contributed by atoms with Crippen LogP contribution in [0.1, 0.15) is 45.4 Å². The van der Waals surface area contributed by atoms with E-state index in [1.807, 2.05) is 11.8 Å². The lowest BCUT2D eigenvalue weighted by molar-refractivity contribution is -0.133. The number of carbonyl (C=O) groups excluding carboxylic acids is 1. The molecule has 1 aliphatic heterocycles. The molecule has 1 aliphatic rings. The van der Waals surface area contributed by atoms with E-state index < -0.39 is 0 Å². The van der Waals surface area contributed by atoms with Crippen LogP contribution in [0.3, 0.4) is 0 Å². The molecule has 1 unspecified atom stereocenters. The molecule has 21 heavy (non-hydrogen) atoms. The van der Waals surface area contributed by atoms with E-state index in [1.54, 1.807) is 12.3 Å². The number of aromatic nitrogens is 2. The van der Waals surface area contributed by atoms with Crippen molar-refractivity contribution in [3.8, 4) is 5.88 Å². The van der Waals surface area contributed by atoms with Crippen LogP contribution in [0, 0.1) is 12.8 Å². The molecule has 0 bridgehead atoms. The highest BCUT2D eigenvalue weighted by Crippen LogP contribution is 2.19. The normalized spacial score (nSPS) is 17.6. The summed E-state index contributed by atoms with van der Waals surface area (Å²) < 4.78 is 5.88. The number of piperidine rings is 1. The number of likely N-dealkylation sites (tertiary alicyclic amines) is 1. The molecule has 2 heterocycles. The molecule has 0 aliphatic carbocycles. The monoisotopic (exact) mass is 291 g/mol. The van der Waals surface area contributed by atoms with Crippen LogP contribution >= 0.6 is 0 Å². The van der Waals surface area contributed by atoms with Gasteiger partial charge < -0.3 is 9.64 Å². The average Bonchev–Trinajstić information content (AvgIpc) is 2.47. The smallest absolute Gasteiger partial charge is 0.222 e. The van der Waals surface area contributed by atoms with Gasteiger partial charge in [-0.3, -0.25) is 4.79 Å². The van der Waals surface area contributed by atoms with Crippen LogP contribution in [-0.2, 0) is 4.79 Å². The van der Waals surface area contributed by atoms with Crippen LogP contribution in [0.4, 0.5) is 0 Å². The van der Waals surface area contributed by atoms with Gasteiger partial charge in [-0.05, 0) is 12.8 Å². The highest BCUT2D eigenvalue weighted by molar-refractivity contribution is 5.76. The number of nitrogens with zero attached hydrogens (tertiary/aromatic N) is 3. The van der Waals surface area contributed by atoms with Crippen molar-refractivity contribution in [2.45, 2.75) is 52.6 Å². The van der Waals surface area contributed by atoms with Crippen molar-refractivity contribution in [2.24, 2.45) is 5.92 Å². The lowest BCUT2D eigenvalue weighted by Crippen LogP contribution is -2.42. The second kappa shape index (κ2) is 7.38. The topological polar surface area (TPSA) is 55.3 Å². The summed E-state index contributed by atoms with van der Waals surface area (Å²) in [5.74, 6) is 2.09. The molecule has 116 valence electrons. The first-order chi connectivity index (χ1) is 10.1. The number of rotatable bonds is 5. The highest BCUT2D eigenvalue weighted by Gasteiger charge is 2.24. The lowest BCUT2D eigenvalue weighted by Gasteiger charge is -2.32. The Labute approximate surface area is 126 Å². The molecule has 0 saturated carbocycles. The SMILES string of the molecule is CCC(C)CC(=O)N1CCC(Oc2ccnc(C)n2)CC1. The van der Waals surface area contributed by atoms with Gasteiger partial charge in [-0.25, -0.2) is 4.98 Å². The van der Waals surface area contributed by atoms with Crippen LogP contribution in [0.2, 0.25) is 0 Å². The van der Waals surface area contributed by atoms with Gasteiger partial charge in [0.1, 0.15) is 11.9 Å². The third-order valence-corrected chi connectivity index (χ3v) is 4.05. The van der Waals surface area contributed by atoms with E-state index in [1.165, 1.54) is 0 Å². The second-order valence-corrected chi connectivity index (χ2v) is 5.86. The Morgan fingerprint density at radius 1 is 1.48 bits per heavy atom. The van der Waals surface area contributed by atoms with Crippen molar-refractivity contribution < 1.29 is 9.53 Å². The number of amides is 1. The summed E-state index contributed by atoms with van der Waals surface area (Å²) in [6.07, 6.45) is 5.31. The molecule has 1 fully saturated rings. The van der Waals surface area contributed by atoms with Crippen molar-refractivity contribution >= 4 is 5.91 Å². The van der Waals surface area contributed by atoms with Crippen LogP contribution < -0.4 is 4.74 Å². The number of hydrogen-bond donors (Lipinski definition) is 0. The molecular formula is C16H25N3O2. The van der Waals surface area contributed by atoms with Gasteiger partial charge in [0.05, 0.1) is 0 Å². The maximum absolute atomic E-state index is 12.1. The Morgan fingerprint density at radius 2 is 2.19 bits per heavy atom. The van der Waals surface area contributed by atoms with Crippen molar-refractivity contribution in [2.75, 3.05) is 13.1 Å². The maximum atomic E-state index is 12.1. The van der Waals surface area contributed by atoms with E-state index in [-0.39, 0.29) is 12.0 Å².